The first-order chi connectivity index (χ1) is 10.7. The standard InChI is InChI=1S/C21H34O/c1-3-17(19-11-7-5-8-12-19)15-21(22)16-18(4-2)20-13-9-6-10-14-20/h15-16,19-20H,3-14H2,1-2H3. The Balaban J connectivity index is 2.03. The molecule has 0 heterocycles. The van der Waals surface area contributed by atoms with E-state index in [1.54, 1.807) is 0 Å². The molecule has 0 amide bonds. The van der Waals surface area contributed by atoms with E-state index < -0.39 is 0 Å². The van der Waals surface area contributed by atoms with Gasteiger partial charge in [-0.3, -0.25) is 4.79 Å². The number of ketones is 1. The number of hydrogen-bond donors (Lipinski definition) is 0. The first-order valence-corrected chi connectivity index (χ1v) is 9.69. The normalized spacial score (nSPS) is 22.8. The number of hydrogen-bond acceptors (Lipinski definition) is 1. The zero-order valence-electron chi connectivity index (χ0n) is 14.7. The summed E-state index contributed by atoms with van der Waals surface area (Å²) in [6.07, 6.45) is 19.3. The number of rotatable bonds is 6. The predicted molar refractivity (Wildman–Crippen MR) is 94.9 cm³/mol. The molecule has 22 heavy (non-hydrogen) atoms. The van der Waals surface area contributed by atoms with Crippen LogP contribution in [0.25, 0.3) is 0 Å². The monoisotopic (exact) mass is 302 g/mol. The summed E-state index contributed by atoms with van der Waals surface area (Å²) in [5, 5.41) is 0. The zero-order chi connectivity index (χ0) is 15.8. The molecule has 0 aromatic rings. The van der Waals surface area contributed by atoms with Gasteiger partial charge in [-0.05, 0) is 62.5 Å². The number of carbonyl (C=O) groups excluding carboxylic acids is 1. The summed E-state index contributed by atoms with van der Waals surface area (Å²) in [7, 11) is 0. The van der Waals surface area contributed by atoms with E-state index in [2.05, 4.69) is 13.8 Å². The second-order valence-corrected chi connectivity index (χ2v) is 7.22. The molecule has 0 aromatic heterocycles. The Bertz CT molecular complexity index is 366. The van der Waals surface area contributed by atoms with Crippen molar-refractivity contribution in [3.63, 3.8) is 0 Å². The smallest absolute Gasteiger partial charge is 0.178 e. The lowest BCUT2D eigenvalue weighted by Crippen LogP contribution is -2.12. The van der Waals surface area contributed by atoms with Crippen LogP contribution in [0.3, 0.4) is 0 Å². The summed E-state index contributed by atoms with van der Waals surface area (Å²) in [5.41, 5.74) is 2.81. The van der Waals surface area contributed by atoms with Crippen LogP contribution < -0.4 is 0 Å². The van der Waals surface area contributed by atoms with E-state index in [0.717, 1.165) is 12.8 Å². The molecule has 0 N–H and O–H groups in total. The quantitative estimate of drug-likeness (QED) is 0.520. The summed E-state index contributed by atoms with van der Waals surface area (Å²) in [5.74, 6) is 1.61. The van der Waals surface area contributed by atoms with Crippen molar-refractivity contribution in [1.82, 2.24) is 0 Å². The number of allylic oxidation sites excluding steroid dienone is 4. The molecule has 0 radical (unpaired) electrons. The fourth-order valence-electron chi connectivity index (χ4n) is 4.37. The minimum atomic E-state index is 0.254. The van der Waals surface area contributed by atoms with Crippen LogP contribution in [0.2, 0.25) is 0 Å². The molecule has 1 heteroatoms. The van der Waals surface area contributed by atoms with Gasteiger partial charge in [0.2, 0.25) is 0 Å². The maximum atomic E-state index is 12.5. The Morgan fingerprint density at radius 2 is 1.09 bits per heavy atom. The Kier molecular flexibility index (Phi) is 7.42. The average molecular weight is 303 g/mol. The largest absolute Gasteiger partial charge is 0.290 e. The van der Waals surface area contributed by atoms with Gasteiger partial charge < -0.3 is 0 Å². The third-order valence-electron chi connectivity index (χ3n) is 5.73. The fourth-order valence-corrected chi connectivity index (χ4v) is 4.37. The van der Waals surface area contributed by atoms with Gasteiger partial charge in [0, 0.05) is 0 Å². The van der Waals surface area contributed by atoms with Gasteiger partial charge in [-0.15, -0.1) is 0 Å². The highest BCUT2D eigenvalue weighted by Gasteiger charge is 2.19. The van der Waals surface area contributed by atoms with Gasteiger partial charge >= 0.3 is 0 Å². The highest BCUT2D eigenvalue weighted by atomic mass is 16.1. The molecule has 2 rings (SSSR count). The lowest BCUT2D eigenvalue weighted by atomic mass is 9.81. The van der Waals surface area contributed by atoms with Crippen LogP contribution in [-0.4, -0.2) is 5.78 Å². The molecule has 0 aromatic carbocycles. The van der Waals surface area contributed by atoms with Crippen LogP contribution in [0, 0.1) is 11.8 Å². The van der Waals surface area contributed by atoms with E-state index in [1.165, 1.54) is 75.4 Å². The average Bonchev–Trinajstić information content (AvgIpc) is 2.59. The van der Waals surface area contributed by atoms with E-state index in [9.17, 15) is 4.79 Å². The van der Waals surface area contributed by atoms with Crippen molar-refractivity contribution in [3.05, 3.63) is 23.3 Å². The lowest BCUT2D eigenvalue weighted by Gasteiger charge is -2.24. The minimum Gasteiger partial charge on any atom is -0.290 e. The van der Waals surface area contributed by atoms with Crippen LogP contribution in [0.4, 0.5) is 0 Å². The van der Waals surface area contributed by atoms with Crippen LogP contribution >= 0.6 is 0 Å². The van der Waals surface area contributed by atoms with Gasteiger partial charge in [-0.1, -0.05) is 63.5 Å². The second-order valence-electron chi connectivity index (χ2n) is 7.22. The Morgan fingerprint density at radius 3 is 1.41 bits per heavy atom. The van der Waals surface area contributed by atoms with Crippen molar-refractivity contribution in [3.8, 4) is 0 Å². The summed E-state index contributed by atoms with van der Waals surface area (Å²) < 4.78 is 0. The molecule has 2 fully saturated rings. The van der Waals surface area contributed by atoms with Gasteiger partial charge in [0.1, 0.15) is 0 Å². The summed E-state index contributed by atoms with van der Waals surface area (Å²) >= 11 is 0. The summed E-state index contributed by atoms with van der Waals surface area (Å²) in [4.78, 5) is 12.5. The molecule has 0 saturated heterocycles. The molecular formula is C21H34O. The number of carbonyl (C=O) groups is 1. The lowest BCUT2D eigenvalue weighted by molar-refractivity contribution is -0.110. The molecule has 0 unspecified atom stereocenters. The molecule has 124 valence electrons. The Hall–Kier alpha value is -0.850. The van der Waals surface area contributed by atoms with Crippen LogP contribution in [0.5, 0.6) is 0 Å². The molecule has 1 nitrogen and oxygen atoms in total. The highest BCUT2D eigenvalue weighted by Crippen LogP contribution is 2.33. The molecule has 2 aliphatic rings. The topological polar surface area (TPSA) is 17.1 Å². The summed E-state index contributed by atoms with van der Waals surface area (Å²) in [6, 6.07) is 0. The maximum absolute atomic E-state index is 12.5. The molecule has 0 spiro atoms. The van der Waals surface area contributed by atoms with Crippen molar-refractivity contribution in [2.75, 3.05) is 0 Å². The fraction of sp³-hybridized carbons (Fsp3) is 0.762. The van der Waals surface area contributed by atoms with Crippen molar-refractivity contribution >= 4 is 5.78 Å². The van der Waals surface area contributed by atoms with Crippen molar-refractivity contribution in [1.29, 1.82) is 0 Å². The Morgan fingerprint density at radius 1 is 0.727 bits per heavy atom. The minimum absolute atomic E-state index is 0.254. The molecule has 2 aliphatic carbocycles. The third kappa shape index (κ3) is 5.11. The first-order valence-electron chi connectivity index (χ1n) is 9.69. The predicted octanol–water partition coefficient (Wildman–Crippen LogP) is 6.39. The maximum Gasteiger partial charge on any atom is 0.178 e. The van der Waals surface area contributed by atoms with E-state index in [1.807, 2.05) is 12.2 Å². The van der Waals surface area contributed by atoms with E-state index in [0.29, 0.717) is 11.8 Å². The zero-order valence-corrected chi connectivity index (χ0v) is 14.7. The SMILES string of the molecule is CCC(=CC(=O)C=C(CC)C1CCCCC1)C1CCCCC1. The molecule has 0 aliphatic heterocycles. The van der Waals surface area contributed by atoms with Gasteiger partial charge in [0.25, 0.3) is 0 Å². The third-order valence-corrected chi connectivity index (χ3v) is 5.73. The van der Waals surface area contributed by atoms with Gasteiger partial charge in [-0.2, -0.15) is 0 Å². The van der Waals surface area contributed by atoms with E-state index in [4.69, 9.17) is 0 Å². The second kappa shape index (κ2) is 9.33. The first kappa shape index (κ1) is 17.5. The van der Waals surface area contributed by atoms with Crippen LogP contribution in [0.15, 0.2) is 23.3 Å². The van der Waals surface area contributed by atoms with Crippen LogP contribution in [-0.2, 0) is 4.79 Å². The molecular weight excluding hydrogens is 268 g/mol. The molecule has 2 saturated carbocycles. The van der Waals surface area contributed by atoms with Crippen molar-refractivity contribution in [2.24, 2.45) is 11.8 Å². The van der Waals surface area contributed by atoms with Gasteiger partial charge in [0.05, 0.1) is 0 Å². The van der Waals surface area contributed by atoms with Gasteiger partial charge in [0.15, 0.2) is 5.78 Å². The summed E-state index contributed by atoms with van der Waals surface area (Å²) in [6.45, 7) is 4.42. The molecule has 0 atom stereocenters. The molecule has 0 bridgehead atoms. The highest BCUT2D eigenvalue weighted by molar-refractivity contribution is 6.00. The van der Waals surface area contributed by atoms with Crippen molar-refractivity contribution in [2.45, 2.75) is 90.9 Å². The van der Waals surface area contributed by atoms with E-state index in [-0.39, 0.29) is 5.78 Å². The Labute approximate surface area is 137 Å². The van der Waals surface area contributed by atoms with Crippen molar-refractivity contribution < 1.29 is 4.79 Å². The van der Waals surface area contributed by atoms with E-state index >= 15 is 0 Å². The van der Waals surface area contributed by atoms with Gasteiger partial charge in [-0.25, -0.2) is 0 Å². The van der Waals surface area contributed by atoms with Crippen LogP contribution in [0.1, 0.15) is 90.9 Å².